The van der Waals surface area contributed by atoms with Gasteiger partial charge in [0.15, 0.2) is 11.5 Å². The number of hydrogen-bond donors (Lipinski definition) is 1. The van der Waals surface area contributed by atoms with Gasteiger partial charge in [-0.15, -0.1) is 11.3 Å². The number of aromatic hydroxyl groups is 1. The highest BCUT2D eigenvalue weighted by molar-refractivity contribution is 7.16. The van der Waals surface area contributed by atoms with Crippen LogP contribution < -0.4 is 4.74 Å². The maximum Gasteiger partial charge on any atom is 0.166 e. The van der Waals surface area contributed by atoms with Crippen LogP contribution in [0, 0.1) is 11.3 Å². The molecule has 0 atom stereocenters. The van der Waals surface area contributed by atoms with Crippen molar-refractivity contribution in [3.8, 4) is 17.6 Å². The second-order valence-electron chi connectivity index (χ2n) is 5.31. The summed E-state index contributed by atoms with van der Waals surface area (Å²) >= 11 is 7.58. The molecule has 0 spiro atoms. The zero-order valence-corrected chi connectivity index (χ0v) is 14.2. The number of aryl methyl sites for hydroxylation is 1. The number of halogens is 1. The molecular weight excluding hydrogens is 332 g/mol. The second-order valence-corrected chi connectivity index (χ2v) is 6.83. The van der Waals surface area contributed by atoms with Gasteiger partial charge in [-0.1, -0.05) is 11.6 Å². The maximum atomic E-state index is 10.1. The Kier molecular flexibility index (Phi) is 4.56. The van der Waals surface area contributed by atoms with Gasteiger partial charge in [0.2, 0.25) is 0 Å². The molecular formula is C17H15ClN2O2S. The van der Waals surface area contributed by atoms with Gasteiger partial charge < -0.3 is 9.84 Å². The highest BCUT2D eigenvalue weighted by Gasteiger charge is 2.20. The van der Waals surface area contributed by atoms with E-state index in [4.69, 9.17) is 16.3 Å². The van der Waals surface area contributed by atoms with E-state index in [9.17, 15) is 10.4 Å². The van der Waals surface area contributed by atoms with Gasteiger partial charge in [0.25, 0.3) is 0 Å². The topological polar surface area (TPSA) is 65.6 Å². The first-order valence-corrected chi connectivity index (χ1v) is 8.48. The Balaban J connectivity index is 2.00. The molecule has 1 aromatic carbocycles. The molecule has 3 rings (SSSR count). The summed E-state index contributed by atoms with van der Waals surface area (Å²) in [7, 11) is 1.47. The van der Waals surface area contributed by atoms with Crippen molar-refractivity contribution in [2.45, 2.75) is 25.7 Å². The monoisotopic (exact) mass is 346 g/mol. The molecule has 1 aliphatic rings. The third kappa shape index (κ3) is 3.05. The van der Waals surface area contributed by atoms with E-state index in [1.165, 1.54) is 18.2 Å². The summed E-state index contributed by atoms with van der Waals surface area (Å²) in [4.78, 5) is 5.68. The van der Waals surface area contributed by atoms with Crippen LogP contribution in [0.4, 0.5) is 5.00 Å². The van der Waals surface area contributed by atoms with Crippen molar-refractivity contribution in [2.75, 3.05) is 7.11 Å². The Hall–Kier alpha value is -2.03. The third-order valence-electron chi connectivity index (χ3n) is 3.87. The van der Waals surface area contributed by atoms with Crippen molar-refractivity contribution in [3.05, 3.63) is 38.7 Å². The molecule has 1 N–H and O–H groups in total. The minimum atomic E-state index is -0.0134. The smallest absolute Gasteiger partial charge is 0.166 e. The summed E-state index contributed by atoms with van der Waals surface area (Å²) in [5.41, 5.74) is 2.27. The molecule has 1 aliphatic carbocycles. The van der Waals surface area contributed by atoms with E-state index in [1.54, 1.807) is 23.5 Å². The molecule has 0 bridgehead atoms. The Morgan fingerprint density at radius 1 is 1.39 bits per heavy atom. The number of phenolic OH excluding ortho intramolecular Hbond substituents is 1. The fourth-order valence-corrected chi connectivity index (χ4v) is 4.13. The summed E-state index contributed by atoms with van der Waals surface area (Å²) in [6.07, 6.45) is 5.77. The summed E-state index contributed by atoms with van der Waals surface area (Å²) in [5, 5.41) is 20.7. The lowest BCUT2D eigenvalue weighted by molar-refractivity contribution is 0.373. The standard InChI is InChI=1S/C17H15ClN2O2S/c1-22-14-7-11(18)6-10(16(14)21)9-20-17-13(8-19)12-4-2-3-5-15(12)23-17/h6-7,9,21H,2-5H2,1H3. The summed E-state index contributed by atoms with van der Waals surface area (Å²) in [6.45, 7) is 0. The van der Waals surface area contributed by atoms with Crippen LogP contribution in [0.3, 0.4) is 0 Å². The minimum absolute atomic E-state index is 0.0134. The number of aliphatic imine (C=N–C) groups is 1. The van der Waals surface area contributed by atoms with E-state index in [1.807, 2.05) is 0 Å². The van der Waals surface area contributed by atoms with Crippen LogP contribution in [0.15, 0.2) is 17.1 Å². The molecule has 4 nitrogen and oxygen atoms in total. The summed E-state index contributed by atoms with van der Waals surface area (Å²) < 4.78 is 5.08. The van der Waals surface area contributed by atoms with Gasteiger partial charge in [0, 0.05) is 27.7 Å². The lowest BCUT2D eigenvalue weighted by atomic mass is 9.96. The Morgan fingerprint density at radius 2 is 2.17 bits per heavy atom. The van der Waals surface area contributed by atoms with E-state index in [-0.39, 0.29) is 5.75 Å². The number of nitrogens with zero attached hydrogens (tertiary/aromatic N) is 2. The quantitative estimate of drug-likeness (QED) is 0.825. The summed E-state index contributed by atoms with van der Waals surface area (Å²) in [5.74, 6) is 0.283. The number of ether oxygens (including phenoxy) is 1. The maximum absolute atomic E-state index is 10.1. The van der Waals surface area contributed by atoms with Crippen molar-refractivity contribution < 1.29 is 9.84 Å². The Morgan fingerprint density at radius 3 is 2.91 bits per heavy atom. The first-order valence-electron chi connectivity index (χ1n) is 7.29. The molecule has 1 aromatic heterocycles. The molecule has 1 heterocycles. The van der Waals surface area contributed by atoms with E-state index in [0.717, 1.165) is 31.2 Å². The lowest BCUT2D eigenvalue weighted by Crippen LogP contribution is -1.99. The van der Waals surface area contributed by atoms with Crippen molar-refractivity contribution in [2.24, 2.45) is 4.99 Å². The number of thiophene rings is 1. The number of fused-ring (bicyclic) bond motifs is 1. The average molecular weight is 347 g/mol. The van der Waals surface area contributed by atoms with Crippen LogP contribution >= 0.6 is 22.9 Å². The van der Waals surface area contributed by atoms with Crippen LogP contribution in [0.2, 0.25) is 5.02 Å². The second kappa shape index (κ2) is 6.61. The molecule has 0 amide bonds. The molecule has 118 valence electrons. The largest absolute Gasteiger partial charge is 0.504 e. The van der Waals surface area contributed by atoms with Gasteiger partial charge in [-0.05, 0) is 37.3 Å². The normalized spacial score (nSPS) is 13.8. The highest BCUT2D eigenvalue weighted by Crippen LogP contribution is 2.40. The van der Waals surface area contributed by atoms with Crippen molar-refractivity contribution in [3.63, 3.8) is 0 Å². The van der Waals surface area contributed by atoms with Crippen LogP contribution in [-0.2, 0) is 12.8 Å². The van der Waals surface area contributed by atoms with Gasteiger partial charge in [-0.3, -0.25) is 0 Å². The molecule has 0 unspecified atom stereocenters. The highest BCUT2D eigenvalue weighted by atomic mass is 35.5. The number of hydrogen-bond acceptors (Lipinski definition) is 5. The van der Waals surface area contributed by atoms with Crippen LogP contribution in [0.1, 0.15) is 34.4 Å². The Bertz CT molecular complexity index is 821. The average Bonchev–Trinajstić information content (AvgIpc) is 2.92. The number of methoxy groups -OCH3 is 1. The number of nitriles is 1. The molecule has 0 aliphatic heterocycles. The van der Waals surface area contributed by atoms with Gasteiger partial charge >= 0.3 is 0 Å². The fourth-order valence-electron chi connectivity index (χ4n) is 2.73. The number of benzene rings is 1. The zero-order valence-electron chi connectivity index (χ0n) is 12.6. The van der Waals surface area contributed by atoms with Crippen molar-refractivity contribution in [1.29, 1.82) is 5.26 Å². The molecule has 0 saturated heterocycles. The van der Waals surface area contributed by atoms with Crippen molar-refractivity contribution >= 4 is 34.2 Å². The minimum Gasteiger partial charge on any atom is -0.504 e. The van der Waals surface area contributed by atoms with Crippen LogP contribution in [-0.4, -0.2) is 18.4 Å². The fraction of sp³-hybridized carbons (Fsp3) is 0.294. The van der Waals surface area contributed by atoms with E-state index < -0.39 is 0 Å². The first-order chi connectivity index (χ1) is 11.1. The van der Waals surface area contributed by atoms with E-state index in [2.05, 4.69) is 11.1 Å². The van der Waals surface area contributed by atoms with E-state index >= 15 is 0 Å². The zero-order chi connectivity index (χ0) is 16.4. The van der Waals surface area contributed by atoms with Crippen molar-refractivity contribution in [1.82, 2.24) is 0 Å². The molecule has 2 aromatic rings. The predicted molar refractivity (Wildman–Crippen MR) is 92.6 cm³/mol. The molecule has 0 radical (unpaired) electrons. The van der Waals surface area contributed by atoms with Gasteiger partial charge in [0.05, 0.1) is 12.7 Å². The van der Waals surface area contributed by atoms with Crippen LogP contribution in [0.5, 0.6) is 11.5 Å². The Labute approximate surface area is 143 Å². The van der Waals surface area contributed by atoms with Crippen LogP contribution in [0.25, 0.3) is 0 Å². The lowest BCUT2D eigenvalue weighted by Gasteiger charge is -2.09. The molecule has 6 heteroatoms. The molecule has 0 saturated carbocycles. The molecule has 0 fully saturated rings. The third-order valence-corrected chi connectivity index (χ3v) is 5.29. The van der Waals surface area contributed by atoms with Gasteiger partial charge in [-0.2, -0.15) is 5.26 Å². The predicted octanol–water partition coefficient (Wildman–Crippen LogP) is 4.62. The number of rotatable bonds is 3. The van der Waals surface area contributed by atoms with Gasteiger partial charge in [-0.25, -0.2) is 4.99 Å². The number of phenols is 1. The SMILES string of the molecule is COc1cc(Cl)cc(C=Nc2sc3c(c2C#N)CCCC3)c1O. The summed E-state index contributed by atoms with van der Waals surface area (Å²) in [6, 6.07) is 5.43. The molecule has 23 heavy (non-hydrogen) atoms. The van der Waals surface area contributed by atoms with E-state index in [0.29, 0.717) is 26.9 Å². The van der Waals surface area contributed by atoms with Gasteiger partial charge in [0.1, 0.15) is 11.1 Å². The first kappa shape index (κ1) is 15.9.